The Morgan fingerprint density at radius 1 is 1.24 bits per heavy atom. The summed E-state index contributed by atoms with van der Waals surface area (Å²) in [4.78, 5) is 35.1. The number of carbonyl (C=O) groups is 3. The number of hydrogen-bond donors (Lipinski definition) is 0. The number of nitrogens with zero attached hydrogens (tertiary/aromatic N) is 1. The number of carbonyl (C=O) groups excluding carboxylic acids is 3. The summed E-state index contributed by atoms with van der Waals surface area (Å²) < 4.78 is -0.421. The van der Waals surface area contributed by atoms with Crippen LogP contribution in [0, 0.1) is 5.41 Å². The van der Waals surface area contributed by atoms with Gasteiger partial charge in [-0.25, -0.2) is 0 Å². The molecule has 0 bridgehead atoms. The van der Waals surface area contributed by atoms with Crippen molar-refractivity contribution in [3.63, 3.8) is 0 Å². The second kappa shape index (κ2) is 4.60. The minimum absolute atomic E-state index is 0.00534. The number of hydrogen-bond acceptors (Lipinski definition) is 3. The molecular formula is C12H17EsNO3. The molecule has 0 fully saturated rings. The Labute approximate surface area is 96.3 Å². The van der Waals surface area contributed by atoms with Crippen molar-refractivity contribution in [2.24, 2.45) is 5.41 Å². The molecule has 0 aromatic heterocycles. The van der Waals surface area contributed by atoms with Crippen LogP contribution in [0.3, 0.4) is 0 Å². The van der Waals surface area contributed by atoms with E-state index in [1.165, 1.54) is 12.2 Å². The van der Waals surface area contributed by atoms with E-state index in [9.17, 15) is 14.4 Å². The van der Waals surface area contributed by atoms with Gasteiger partial charge in [-0.1, -0.05) is 0 Å². The monoisotopic (exact) mass is 475 g/mol. The molecule has 99 valence electrons. The third-order valence-corrected chi connectivity index (χ3v) is 6.73. The molecule has 1 aliphatic heterocycles. The Hall–Kier alpha value is -2.45. The number of Topliss-reactive ketones (excluding diaryl/α,β-unsaturated/α-hetero) is 1. The van der Waals surface area contributed by atoms with Gasteiger partial charge in [-0.3, -0.25) is 0 Å². The number of amides is 2. The average Bonchev–Trinajstić information content (AvgIpc) is 2.47. The van der Waals surface area contributed by atoms with Crippen LogP contribution in [-0.2, 0) is 14.4 Å². The molecule has 4 nitrogen and oxygen atoms in total. The summed E-state index contributed by atoms with van der Waals surface area (Å²) >= 11 is 0. The standard InChI is InChI=1S/C7H6NO3.C5H11.Es/c1-5(9)4-8-6(10)2-3-7(8)11;1-5(2,3)4;/h2-3H,1,4H2;1H2,2-4H3;. The van der Waals surface area contributed by atoms with Crippen molar-refractivity contribution in [1.82, 2.24) is 4.90 Å². The minimum atomic E-state index is -0.421. The molecular weight excluding hydrogens is 458 g/mol. The maximum atomic E-state index is 11.6. The van der Waals surface area contributed by atoms with Gasteiger partial charge in [0.15, 0.2) is 0 Å². The predicted octanol–water partition coefficient (Wildman–Crippen LogP) is 1.45. The third kappa shape index (κ3) is 3.89. The van der Waals surface area contributed by atoms with Crippen LogP contribution in [0.5, 0.6) is 0 Å². The summed E-state index contributed by atoms with van der Waals surface area (Å²) in [5.74, 6) is -0.743. The van der Waals surface area contributed by atoms with Gasteiger partial charge in [-0.15, -0.1) is 0 Å². The van der Waals surface area contributed by atoms with E-state index in [1.54, 1.807) is 0 Å². The summed E-state index contributed by atoms with van der Waals surface area (Å²) in [5.41, 5.74) is 0.271. The first-order chi connectivity index (χ1) is 7.79. The second-order valence-electron chi connectivity index (χ2n) is 5.06. The summed E-state index contributed by atoms with van der Waals surface area (Å²) in [6, 6.07) is 0. The normalized spacial score (nSPS) is 15.4. The first-order valence-electron chi connectivity index (χ1n) is 5.27. The summed E-state index contributed by atoms with van der Waals surface area (Å²) in [5, 5.41) is 0. The molecule has 0 saturated heterocycles. The molecule has 0 aliphatic carbocycles. The average molecular weight is 475 g/mol. The summed E-state index contributed by atoms with van der Waals surface area (Å²) in [6.45, 7) is 8.07. The van der Waals surface area contributed by atoms with Gasteiger partial charge in [0.1, 0.15) is 0 Å². The molecule has 0 aromatic rings. The van der Waals surface area contributed by atoms with E-state index in [4.69, 9.17) is 0 Å². The van der Waals surface area contributed by atoms with Gasteiger partial charge in [-0.2, -0.15) is 0 Å². The molecule has 1 rings (SSSR count). The molecule has 0 aromatic carbocycles. The Morgan fingerprint density at radius 2 is 1.76 bits per heavy atom. The third-order valence-electron chi connectivity index (χ3n) is 1.82. The van der Waals surface area contributed by atoms with Crippen LogP contribution in [-0.4, -0.2) is 29.0 Å². The van der Waals surface area contributed by atoms with Crippen LogP contribution in [0.2, 0.25) is 13.8 Å². The first kappa shape index (κ1) is 12.6. The van der Waals surface area contributed by atoms with Crippen molar-refractivity contribution in [3.8, 4) is 0 Å². The Bertz CT molecular complexity index is 350. The zero-order chi connectivity index (χ0) is 13.1. The van der Waals surface area contributed by atoms with Gasteiger partial charge < -0.3 is 0 Å². The fourth-order valence-corrected chi connectivity index (χ4v) is 4.32. The SMILES string of the molecule is CC(C)(C)[CH2][Es][CH2]C(=O)CN1C(=O)C=CC1=O. The molecule has 0 atom stereocenters. The summed E-state index contributed by atoms with van der Waals surface area (Å²) in [6.07, 6.45) is 2.42. The Kier molecular flexibility index (Phi) is 3.41. The fraction of sp³-hybridized carbons (Fsp3) is 0.583. The van der Waals surface area contributed by atoms with Gasteiger partial charge in [0.2, 0.25) is 0 Å². The van der Waals surface area contributed by atoms with Crippen molar-refractivity contribution in [3.05, 3.63) is 12.2 Å². The molecule has 5 heteroatoms. The van der Waals surface area contributed by atoms with Gasteiger partial charge in [0, 0.05) is 0 Å². The molecule has 0 radical (unpaired) electrons. The number of rotatable bonds is 5. The van der Waals surface area contributed by atoms with Gasteiger partial charge in [-0.05, 0) is 0 Å². The van der Waals surface area contributed by atoms with Crippen LogP contribution >= 0.6 is 0 Å². The van der Waals surface area contributed by atoms with Crippen molar-refractivity contribution >= 4 is 17.6 Å². The molecule has 17 heavy (non-hydrogen) atoms. The van der Waals surface area contributed by atoms with Crippen LogP contribution in [0.4, 0.5) is 0 Å². The zero-order valence-electron chi connectivity index (χ0n) is 10.2. The van der Waals surface area contributed by atoms with Crippen LogP contribution in [0.25, 0.3) is 0 Å². The van der Waals surface area contributed by atoms with Crippen molar-refractivity contribution in [1.29, 1.82) is 0 Å². The molecule has 0 unspecified atom stereocenters. The molecule has 0 saturated carbocycles. The van der Waals surface area contributed by atoms with Gasteiger partial charge in [0.25, 0.3) is 0 Å². The zero-order valence-corrected chi connectivity index (χ0v) is 12.8. The first-order valence-corrected chi connectivity index (χ1v) is 8.82. The van der Waals surface area contributed by atoms with E-state index in [0.29, 0.717) is 6.92 Å². The van der Waals surface area contributed by atoms with Crippen LogP contribution in [0.1, 0.15) is 20.8 Å². The molecule has 1 heterocycles. The summed E-state index contributed by atoms with van der Waals surface area (Å²) in [7, 11) is 0. The van der Waals surface area contributed by atoms with E-state index in [0.717, 1.165) is 11.8 Å². The molecule has 2 amide bonds. The van der Waals surface area contributed by atoms with E-state index in [2.05, 4.69) is 20.8 Å². The van der Waals surface area contributed by atoms with Crippen LogP contribution in [0.15, 0.2) is 12.2 Å². The van der Waals surface area contributed by atoms with Gasteiger partial charge in [0.05, 0.1) is 0 Å². The fourth-order valence-electron chi connectivity index (χ4n) is 1.14. The topological polar surface area (TPSA) is 54.5 Å². The predicted molar refractivity (Wildman–Crippen MR) is 59.9 cm³/mol. The van der Waals surface area contributed by atoms with E-state index < -0.39 is 0 Å². The molecule has 0 N–H and O–H groups in total. The molecule has 1 aliphatic rings. The second-order valence-corrected chi connectivity index (χ2v) is 8.09. The van der Waals surface area contributed by atoms with Crippen LogP contribution < -0.4 is 0 Å². The number of imide groups is 1. The quantitative estimate of drug-likeness (QED) is 0.566. The Morgan fingerprint density at radius 3 is 2.24 bits per heavy atom. The van der Waals surface area contributed by atoms with Gasteiger partial charge >= 0.3 is 95.6 Å². The van der Waals surface area contributed by atoms with Crippen molar-refractivity contribution in [2.45, 2.75) is 34.6 Å². The van der Waals surface area contributed by atoms with E-state index in [-0.39, 0.29) is 29.6 Å². The number of ketones is 1. The van der Waals surface area contributed by atoms with Crippen molar-refractivity contribution in [2.75, 3.05) is 6.54 Å². The van der Waals surface area contributed by atoms with E-state index >= 15 is 0 Å². The maximum absolute atomic E-state index is 11.6. The van der Waals surface area contributed by atoms with Crippen molar-refractivity contribution < 1.29 is 14.4 Å². The Balaban J connectivity index is 2.31. The molecule has 0 spiro atoms. The van der Waals surface area contributed by atoms with E-state index in [1.807, 2.05) is 0 Å².